The zero-order valence-corrected chi connectivity index (χ0v) is 17.2. The van der Waals surface area contributed by atoms with Crippen molar-refractivity contribution in [1.29, 1.82) is 0 Å². The lowest BCUT2D eigenvalue weighted by Gasteiger charge is -2.17. The highest BCUT2D eigenvalue weighted by molar-refractivity contribution is 7.89. The zero-order valence-electron chi connectivity index (χ0n) is 15.7. The van der Waals surface area contributed by atoms with Gasteiger partial charge in [0, 0.05) is 30.0 Å². The molecule has 0 unspecified atom stereocenters. The van der Waals surface area contributed by atoms with Crippen molar-refractivity contribution in [3.05, 3.63) is 89.4 Å². The van der Waals surface area contributed by atoms with E-state index in [1.807, 2.05) is 30.3 Å². The number of sulfonamides is 1. The lowest BCUT2D eigenvalue weighted by atomic mass is 10.2. The van der Waals surface area contributed by atoms with E-state index in [1.165, 1.54) is 23.5 Å². The first kappa shape index (κ1) is 20.9. The summed E-state index contributed by atoms with van der Waals surface area (Å²) in [6.45, 7) is 0.271. The molecule has 6 nitrogen and oxygen atoms in total. The molecule has 2 amide bonds. The lowest BCUT2D eigenvalue weighted by molar-refractivity contribution is 0.262. The van der Waals surface area contributed by atoms with Gasteiger partial charge in [0.05, 0.1) is 4.90 Å². The monoisotopic (exact) mass is 429 g/mol. The Bertz CT molecular complexity index is 1070. The second-order valence-corrected chi connectivity index (χ2v) is 8.84. The van der Waals surface area contributed by atoms with Gasteiger partial charge >= 0.3 is 6.03 Å². The van der Waals surface area contributed by atoms with E-state index in [0.29, 0.717) is 16.4 Å². The first-order chi connectivity index (χ1) is 13.8. The highest BCUT2D eigenvalue weighted by Gasteiger charge is 2.20. The number of nitrogens with one attached hydrogen (secondary N) is 2. The van der Waals surface area contributed by atoms with Crippen molar-refractivity contribution in [3.63, 3.8) is 0 Å². The number of anilines is 2. The van der Waals surface area contributed by atoms with Crippen molar-refractivity contribution in [2.75, 3.05) is 17.7 Å². The van der Waals surface area contributed by atoms with E-state index in [9.17, 15) is 13.2 Å². The molecule has 0 atom stereocenters. The van der Waals surface area contributed by atoms with Gasteiger partial charge in [-0.25, -0.2) is 13.2 Å². The number of hydrogen-bond donors (Lipinski definition) is 2. The molecule has 0 aliphatic carbocycles. The predicted octanol–water partition coefficient (Wildman–Crippen LogP) is 4.80. The number of hydrogen-bond acceptors (Lipinski definition) is 3. The smallest absolute Gasteiger partial charge is 0.308 e. The van der Waals surface area contributed by atoms with Gasteiger partial charge in [-0.3, -0.25) is 0 Å². The van der Waals surface area contributed by atoms with E-state index >= 15 is 0 Å². The van der Waals surface area contributed by atoms with Gasteiger partial charge in [-0.15, -0.1) is 0 Å². The normalized spacial score (nSPS) is 11.3. The van der Waals surface area contributed by atoms with Crippen LogP contribution < -0.4 is 10.6 Å². The molecule has 8 heteroatoms. The van der Waals surface area contributed by atoms with Gasteiger partial charge < -0.3 is 10.6 Å². The molecule has 150 valence electrons. The Balaban J connectivity index is 1.64. The van der Waals surface area contributed by atoms with Crippen LogP contribution in [-0.4, -0.2) is 25.8 Å². The first-order valence-corrected chi connectivity index (χ1v) is 10.6. The minimum absolute atomic E-state index is 0.152. The van der Waals surface area contributed by atoms with Gasteiger partial charge in [0.1, 0.15) is 0 Å². The molecule has 0 aromatic heterocycles. The van der Waals surface area contributed by atoms with Gasteiger partial charge in [0.25, 0.3) is 0 Å². The van der Waals surface area contributed by atoms with E-state index in [2.05, 4.69) is 10.6 Å². The molecule has 0 radical (unpaired) electrons. The molecule has 3 rings (SSSR count). The molecule has 0 fully saturated rings. The van der Waals surface area contributed by atoms with Crippen molar-refractivity contribution < 1.29 is 13.2 Å². The van der Waals surface area contributed by atoms with Crippen molar-refractivity contribution in [2.24, 2.45) is 0 Å². The molecule has 0 bridgehead atoms. The Morgan fingerprint density at radius 1 is 0.862 bits per heavy atom. The van der Waals surface area contributed by atoms with Crippen LogP contribution in [0.2, 0.25) is 5.02 Å². The zero-order chi connectivity index (χ0) is 20.9. The summed E-state index contributed by atoms with van der Waals surface area (Å²) in [5.41, 5.74) is 1.96. The minimum Gasteiger partial charge on any atom is -0.308 e. The van der Waals surface area contributed by atoms with Gasteiger partial charge in [0.2, 0.25) is 10.0 Å². The molecule has 0 saturated carbocycles. The van der Waals surface area contributed by atoms with Gasteiger partial charge in [-0.2, -0.15) is 4.31 Å². The average Bonchev–Trinajstić information content (AvgIpc) is 2.71. The van der Waals surface area contributed by atoms with Crippen LogP contribution in [0.5, 0.6) is 0 Å². The number of benzene rings is 3. The molecule has 3 aromatic carbocycles. The quantitative estimate of drug-likeness (QED) is 0.590. The largest absolute Gasteiger partial charge is 0.323 e. The van der Waals surface area contributed by atoms with E-state index in [0.717, 1.165) is 5.56 Å². The Labute approximate surface area is 175 Å². The Kier molecular flexibility index (Phi) is 6.53. The Morgan fingerprint density at radius 3 is 1.93 bits per heavy atom. The van der Waals surface area contributed by atoms with E-state index in [-0.39, 0.29) is 11.4 Å². The third-order valence-corrected chi connectivity index (χ3v) is 6.24. The number of nitrogens with zero attached hydrogens (tertiary/aromatic N) is 1. The average molecular weight is 430 g/mol. The summed E-state index contributed by atoms with van der Waals surface area (Å²) in [4.78, 5) is 12.2. The second kappa shape index (κ2) is 9.09. The predicted molar refractivity (Wildman–Crippen MR) is 116 cm³/mol. The van der Waals surface area contributed by atoms with Crippen LogP contribution in [-0.2, 0) is 16.6 Å². The highest BCUT2D eigenvalue weighted by Crippen LogP contribution is 2.20. The third-order valence-electron chi connectivity index (χ3n) is 4.17. The van der Waals surface area contributed by atoms with Crippen molar-refractivity contribution in [2.45, 2.75) is 11.4 Å². The first-order valence-electron chi connectivity index (χ1n) is 8.78. The van der Waals surface area contributed by atoms with Crippen LogP contribution in [0.3, 0.4) is 0 Å². The van der Waals surface area contributed by atoms with Crippen LogP contribution in [0.25, 0.3) is 0 Å². The summed E-state index contributed by atoms with van der Waals surface area (Å²) in [5.74, 6) is 0. The van der Waals surface area contributed by atoms with E-state index < -0.39 is 16.1 Å². The van der Waals surface area contributed by atoms with Crippen molar-refractivity contribution in [1.82, 2.24) is 4.31 Å². The summed E-state index contributed by atoms with van der Waals surface area (Å²) in [6.07, 6.45) is 0. The summed E-state index contributed by atoms with van der Waals surface area (Å²) >= 11 is 5.82. The van der Waals surface area contributed by atoms with Crippen LogP contribution in [0.15, 0.2) is 83.8 Å². The van der Waals surface area contributed by atoms with Gasteiger partial charge in [-0.05, 0) is 54.1 Å². The third kappa shape index (κ3) is 5.57. The number of halogens is 1. The topological polar surface area (TPSA) is 78.5 Å². The van der Waals surface area contributed by atoms with E-state index in [1.54, 1.807) is 36.4 Å². The number of rotatable bonds is 6. The molecule has 0 aliphatic heterocycles. The highest BCUT2D eigenvalue weighted by atomic mass is 35.5. The maximum atomic E-state index is 12.8. The molecular formula is C21H20ClN3O3S. The Hall–Kier alpha value is -2.87. The second-order valence-electron chi connectivity index (χ2n) is 6.36. The summed E-state index contributed by atoms with van der Waals surface area (Å²) in [7, 11) is -2.11. The fraction of sp³-hybridized carbons (Fsp3) is 0.0952. The van der Waals surface area contributed by atoms with E-state index in [4.69, 9.17) is 11.6 Å². The van der Waals surface area contributed by atoms with Crippen molar-refractivity contribution in [3.8, 4) is 0 Å². The molecule has 0 spiro atoms. The molecule has 0 aliphatic rings. The van der Waals surface area contributed by atoms with Crippen LogP contribution in [0.1, 0.15) is 5.56 Å². The summed E-state index contributed by atoms with van der Waals surface area (Å²) < 4.78 is 26.8. The number of carbonyl (C=O) groups excluding carboxylic acids is 1. The molecular weight excluding hydrogens is 410 g/mol. The minimum atomic E-state index is -3.64. The number of carbonyl (C=O) groups is 1. The molecule has 3 aromatic rings. The van der Waals surface area contributed by atoms with Gasteiger partial charge in [0.15, 0.2) is 0 Å². The number of urea groups is 1. The SMILES string of the molecule is CN(Cc1ccccc1)S(=O)(=O)c1ccc(NC(=O)Nc2ccc(Cl)cc2)cc1. The van der Waals surface area contributed by atoms with Crippen LogP contribution in [0.4, 0.5) is 16.2 Å². The summed E-state index contributed by atoms with van der Waals surface area (Å²) in [5, 5.41) is 5.91. The Morgan fingerprint density at radius 2 is 1.38 bits per heavy atom. The van der Waals surface area contributed by atoms with Crippen molar-refractivity contribution >= 4 is 39.0 Å². The maximum absolute atomic E-state index is 12.8. The summed E-state index contributed by atoms with van der Waals surface area (Å²) in [6, 6.07) is 21.6. The standard InChI is InChI=1S/C21H20ClN3O3S/c1-25(15-16-5-3-2-4-6-16)29(27,28)20-13-11-19(12-14-20)24-21(26)23-18-9-7-17(22)8-10-18/h2-14H,15H2,1H3,(H2,23,24,26). The fourth-order valence-electron chi connectivity index (χ4n) is 2.64. The molecule has 0 saturated heterocycles. The molecule has 0 heterocycles. The van der Waals surface area contributed by atoms with Crippen LogP contribution >= 0.6 is 11.6 Å². The van der Waals surface area contributed by atoms with Crippen LogP contribution in [0, 0.1) is 0 Å². The number of amides is 2. The fourth-order valence-corrected chi connectivity index (χ4v) is 3.93. The van der Waals surface area contributed by atoms with Gasteiger partial charge in [-0.1, -0.05) is 41.9 Å². The molecule has 2 N–H and O–H groups in total. The lowest BCUT2D eigenvalue weighted by Crippen LogP contribution is -2.26. The maximum Gasteiger partial charge on any atom is 0.323 e. The molecule has 29 heavy (non-hydrogen) atoms.